The number of aromatic nitrogens is 1. The van der Waals surface area contributed by atoms with Gasteiger partial charge in [-0.3, -0.25) is 9.36 Å². The molecular weight excluding hydrogens is 449 g/mol. The number of halogens is 2. The lowest BCUT2D eigenvalue weighted by Crippen LogP contribution is -2.49. The van der Waals surface area contributed by atoms with Crippen molar-refractivity contribution in [3.63, 3.8) is 0 Å². The first kappa shape index (κ1) is 22.6. The van der Waals surface area contributed by atoms with Crippen LogP contribution in [0.3, 0.4) is 0 Å². The average molecular weight is 472 g/mol. The molecule has 172 valence electrons. The Morgan fingerprint density at radius 2 is 1.94 bits per heavy atom. The number of hydrogen-bond acceptors (Lipinski definition) is 3. The Morgan fingerprint density at radius 1 is 1.18 bits per heavy atom. The number of fused-ring (bicyclic) bond motifs is 1. The highest BCUT2D eigenvalue weighted by Crippen LogP contribution is 2.29. The largest absolute Gasteiger partial charge is 0.351 e. The smallest absolute Gasteiger partial charge is 0.323 e. The normalized spacial score (nSPS) is 17.8. The summed E-state index contributed by atoms with van der Waals surface area (Å²) < 4.78 is 15.4. The zero-order valence-electron chi connectivity index (χ0n) is 17.8. The van der Waals surface area contributed by atoms with Gasteiger partial charge >= 0.3 is 12.1 Å². The minimum Gasteiger partial charge on any atom is -0.351 e. The number of hydrogen-bond donors (Lipinski definition) is 3. The summed E-state index contributed by atoms with van der Waals surface area (Å²) in [5.41, 5.74) is 6.68. The van der Waals surface area contributed by atoms with Crippen LogP contribution in [-0.2, 0) is 11.3 Å². The average Bonchev–Trinajstić information content (AvgIpc) is 3.35. The van der Waals surface area contributed by atoms with Crippen molar-refractivity contribution >= 4 is 46.2 Å². The maximum atomic E-state index is 14.1. The van der Waals surface area contributed by atoms with Gasteiger partial charge in [0.25, 0.3) is 0 Å². The van der Waals surface area contributed by atoms with Crippen LogP contribution in [0.2, 0.25) is 5.02 Å². The second-order valence-electron chi connectivity index (χ2n) is 8.03. The van der Waals surface area contributed by atoms with Crippen LogP contribution < -0.4 is 16.4 Å². The number of anilines is 1. The number of nitrogens with zero attached hydrogens (tertiary/aromatic N) is 2. The highest BCUT2D eigenvalue weighted by molar-refractivity contribution is 6.30. The van der Waals surface area contributed by atoms with E-state index in [-0.39, 0.29) is 29.0 Å². The van der Waals surface area contributed by atoms with E-state index in [4.69, 9.17) is 17.3 Å². The molecule has 2 aromatic carbocycles. The van der Waals surface area contributed by atoms with E-state index in [1.165, 1.54) is 21.7 Å². The Labute approximate surface area is 194 Å². The first-order valence-corrected chi connectivity index (χ1v) is 10.8. The Hall–Kier alpha value is -3.59. The summed E-state index contributed by atoms with van der Waals surface area (Å²) in [5, 5.41) is 6.14. The minimum absolute atomic E-state index is 0.0212. The fourth-order valence-electron chi connectivity index (χ4n) is 4.20. The zero-order valence-corrected chi connectivity index (χ0v) is 18.6. The van der Waals surface area contributed by atoms with Crippen molar-refractivity contribution < 1.29 is 18.8 Å². The number of rotatable bonds is 4. The Bertz CT molecular complexity index is 1240. The summed E-state index contributed by atoms with van der Waals surface area (Å²) >= 11 is 5.80. The summed E-state index contributed by atoms with van der Waals surface area (Å²) in [6.07, 6.45) is 2.10. The lowest BCUT2D eigenvalue weighted by Gasteiger charge is -2.26. The second kappa shape index (κ2) is 9.11. The first-order valence-electron chi connectivity index (χ1n) is 10.5. The molecule has 4 rings (SSSR count). The summed E-state index contributed by atoms with van der Waals surface area (Å²) in [7, 11) is 0. The number of amides is 4. The van der Waals surface area contributed by atoms with Crippen molar-refractivity contribution in [3.05, 3.63) is 65.1 Å². The summed E-state index contributed by atoms with van der Waals surface area (Å²) in [6, 6.07) is 9.74. The number of nitrogens with one attached hydrogen (secondary N) is 2. The van der Waals surface area contributed by atoms with E-state index < -0.39 is 23.9 Å². The molecule has 1 aliphatic heterocycles. The standard InChI is InChI=1S/C23H23ClFN5O3/c1-13-9-10-29(20(13)21(31)27-11-14-5-4-7-16(24)19(14)25)23(33)28-17-12-30(22(26)32)18-8-3-2-6-15(17)18/h2-8,12-13,20H,9-11H2,1H3,(H2,26,32)(H,27,31)(H,28,33)/t13-,20+/m1/s1. The van der Waals surface area contributed by atoms with Crippen LogP contribution in [0.25, 0.3) is 10.9 Å². The van der Waals surface area contributed by atoms with Gasteiger partial charge in [0, 0.05) is 30.2 Å². The van der Waals surface area contributed by atoms with Crippen molar-refractivity contribution in [2.45, 2.75) is 25.9 Å². The topological polar surface area (TPSA) is 109 Å². The van der Waals surface area contributed by atoms with Gasteiger partial charge in [-0.2, -0.15) is 0 Å². The van der Waals surface area contributed by atoms with Gasteiger partial charge in [-0.15, -0.1) is 0 Å². The molecule has 1 fully saturated rings. The molecule has 0 radical (unpaired) electrons. The third-order valence-corrected chi connectivity index (χ3v) is 6.20. The van der Waals surface area contributed by atoms with Gasteiger partial charge in [0.2, 0.25) is 5.91 Å². The van der Waals surface area contributed by atoms with Crippen molar-refractivity contribution in [2.75, 3.05) is 11.9 Å². The molecule has 4 N–H and O–H groups in total. The molecule has 0 unspecified atom stereocenters. The van der Waals surface area contributed by atoms with E-state index in [9.17, 15) is 18.8 Å². The van der Waals surface area contributed by atoms with Gasteiger partial charge in [0.1, 0.15) is 11.9 Å². The summed E-state index contributed by atoms with van der Waals surface area (Å²) in [4.78, 5) is 39.3. The van der Waals surface area contributed by atoms with Gasteiger partial charge in [-0.1, -0.05) is 48.9 Å². The van der Waals surface area contributed by atoms with Crippen LogP contribution in [0.1, 0.15) is 18.9 Å². The number of benzene rings is 2. The van der Waals surface area contributed by atoms with Crippen molar-refractivity contribution in [2.24, 2.45) is 11.7 Å². The summed E-state index contributed by atoms with van der Waals surface area (Å²) in [5.74, 6) is -1.06. The molecule has 1 aromatic heterocycles. The molecule has 4 amide bonds. The number of urea groups is 1. The van der Waals surface area contributed by atoms with Gasteiger partial charge < -0.3 is 21.3 Å². The highest BCUT2D eigenvalue weighted by Gasteiger charge is 2.39. The Kier molecular flexibility index (Phi) is 6.24. The molecule has 1 aliphatic rings. The molecule has 0 spiro atoms. The van der Waals surface area contributed by atoms with Gasteiger partial charge in [-0.25, -0.2) is 14.0 Å². The Balaban J connectivity index is 1.51. The van der Waals surface area contributed by atoms with E-state index in [1.54, 1.807) is 36.4 Å². The molecule has 2 heterocycles. The first-order chi connectivity index (χ1) is 15.8. The van der Waals surface area contributed by atoms with E-state index in [1.807, 2.05) is 6.92 Å². The number of carbonyl (C=O) groups excluding carboxylic acids is 3. The second-order valence-corrected chi connectivity index (χ2v) is 8.44. The third-order valence-electron chi connectivity index (χ3n) is 5.91. The van der Waals surface area contributed by atoms with Crippen molar-refractivity contribution in [1.29, 1.82) is 0 Å². The van der Waals surface area contributed by atoms with Crippen molar-refractivity contribution in [1.82, 2.24) is 14.8 Å². The van der Waals surface area contributed by atoms with Gasteiger partial charge in [0.15, 0.2) is 0 Å². The van der Waals surface area contributed by atoms with Crippen LogP contribution in [0.5, 0.6) is 0 Å². The van der Waals surface area contributed by atoms with E-state index in [2.05, 4.69) is 10.6 Å². The lowest BCUT2D eigenvalue weighted by atomic mass is 10.0. The highest BCUT2D eigenvalue weighted by atomic mass is 35.5. The maximum Gasteiger partial charge on any atom is 0.323 e. The van der Waals surface area contributed by atoms with E-state index in [0.717, 1.165) is 0 Å². The van der Waals surface area contributed by atoms with E-state index in [0.29, 0.717) is 29.6 Å². The fourth-order valence-corrected chi connectivity index (χ4v) is 4.39. The molecular formula is C23H23ClFN5O3. The number of nitrogens with two attached hydrogens (primary N) is 1. The Morgan fingerprint density at radius 3 is 2.70 bits per heavy atom. The van der Waals surface area contributed by atoms with Gasteiger partial charge in [-0.05, 0) is 24.5 Å². The molecule has 2 atom stereocenters. The molecule has 10 heteroatoms. The minimum atomic E-state index is -0.725. The number of likely N-dealkylation sites (tertiary alicyclic amines) is 1. The quantitative estimate of drug-likeness (QED) is 0.536. The lowest BCUT2D eigenvalue weighted by molar-refractivity contribution is -0.125. The monoisotopic (exact) mass is 471 g/mol. The molecule has 0 aliphatic carbocycles. The van der Waals surface area contributed by atoms with Crippen LogP contribution in [0.4, 0.5) is 19.7 Å². The number of primary amides is 1. The fraction of sp³-hybridized carbons (Fsp3) is 0.261. The molecule has 33 heavy (non-hydrogen) atoms. The van der Waals surface area contributed by atoms with Crippen LogP contribution in [0, 0.1) is 11.7 Å². The molecule has 3 aromatic rings. The molecule has 1 saturated heterocycles. The maximum absolute atomic E-state index is 14.1. The van der Waals surface area contributed by atoms with Gasteiger partial charge in [0.05, 0.1) is 16.2 Å². The number of para-hydroxylation sites is 1. The SMILES string of the molecule is C[C@@H]1CCN(C(=O)Nc2cn(C(N)=O)c3ccccc23)[C@@H]1C(=O)NCc1cccc(Cl)c1F. The summed E-state index contributed by atoms with van der Waals surface area (Å²) in [6.45, 7) is 2.22. The molecule has 0 bridgehead atoms. The molecule has 8 nitrogen and oxygen atoms in total. The number of carbonyl (C=O) groups is 3. The van der Waals surface area contributed by atoms with E-state index >= 15 is 0 Å². The predicted molar refractivity (Wildman–Crippen MR) is 123 cm³/mol. The van der Waals surface area contributed by atoms with Crippen LogP contribution in [-0.4, -0.2) is 40.0 Å². The zero-order chi connectivity index (χ0) is 23.7. The third kappa shape index (κ3) is 4.36. The van der Waals surface area contributed by atoms with Crippen LogP contribution in [0.15, 0.2) is 48.7 Å². The molecule has 0 saturated carbocycles. The van der Waals surface area contributed by atoms with Crippen LogP contribution >= 0.6 is 11.6 Å². The van der Waals surface area contributed by atoms with Crippen molar-refractivity contribution in [3.8, 4) is 0 Å². The predicted octanol–water partition coefficient (Wildman–Crippen LogP) is 3.92.